The van der Waals surface area contributed by atoms with Gasteiger partial charge in [-0.2, -0.15) is 0 Å². The van der Waals surface area contributed by atoms with E-state index in [0.29, 0.717) is 30.4 Å². The van der Waals surface area contributed by atoms with Gasteiger partial charge in [0.05, 0.1) is 31.0 Å². The van der Waals surface area contributed by atoms with Crippen LogP contribution in [0.5, 0.6) is 0 Å². The highest BCUT2D eigenvalue weighted by atomic mass is 19.1. The summed E-state index contributed by atoms with van der Waals surface area (Å²) in [5.41, 5.74) is 2.61. The van der Waals surface area contributed by atoms with Gasteiger partial charge in [-0.3, -0.25) is 0 Å². The minimum absolute atomic E-state index is 0.0161. The number of anilines is 1. The lowest BCUT2D eigenvalue weighted by Gasteiger charge is -2.18. The molecule has 0 spiro atoms. The van der Waals surface area contributed by atoms with Crippen molar-refractivity contribution in [1.82, 2.24) is 15.3 Å². The van der Waals surface area contributed by atoms with Crippen LogP contribution in [0.3, 0.4) is 0 Å². The summed E-state index contributed by atoms with van der Waals surface area (Å²) in [4.78, 5) is 8.86. The van der Waals surface area contributed by atoms with E-state index in [4.69, 9.17) is 9.47 Å². The fourth-order valence-electron chi connectivity index (χ4n) is 4.05. The van der Waals surface area contributed by atoms with E-state index in [1.165, 1.54) is 17.7 Å². The van der Waals surface area contributed by atoms with Crippen LogP contribution in [-0.2, 0) is 16.0 Å². The van der Waals surface area contributed by atoms with Crippen LogP contribution in [0, 0.1) is 5.82 Å². The Morgan fingerprint density at radius 2 is 1.73 bits per heavy atom. The number of nitrogens with zero attached hydrogens (tertiary/aromatic N) is 2. The third-order valence-electron chi connectivity index (χ3n) is 5.56. The highest BCUT2D eigenvalue weighted by Crippen LogP contribution is 2.29. The molecule has 2 N–H and O–H groups in total. The Kier molecular flexibility index (Phi) is 5.40. The zero-order valence-electron chi connectivity index (χ0n) is 16.4. The second-order valence-corrected chi connectivity index (χ2v) is 7.60. The van der Waals surface area contributed by atoms with Crippen molar-refractivity contribution in [1.29, 1.82) is 0 Å². The summed E-state index contributed by atoms with van der Waals surface area (Å²) in [5.74, 6) is 0.191. The normalized spacial score (nSPS) is 25.2. The van der Waals surface area contributed by atoms with Gasteiger partial charge in [0.15, 0.2) is 0 Å². The largest absolute Gasteiger partial charge is 0.371 e. The fraction of sp³-hybridized carbons (Fsp3) is 0.304. The molecule has 30 heavy (non-hydrogen) atoms. The molecule has 2 aromatic carbocycles. The van der Waals surface area contributed by atoms with Gasteiger partial charge < -0.3 is 20.1 Å². The summed E-state index contributed by atoms with van der Waals surface area (Å²) in [6.07, 6.45) is 1.58. The molecule has 154 valence electrons. The minimum Gasteiger partial charge on any atom is -0.371 e. The third-order valence-corrected chi connectivity index (χ3v) is 5.56. The first-order chi connectivity index (χ1) is 14.8. The summed E-state index contributed by atoms with van der Waals surface area (Å²) < 4.78 is 25.6. The number of halogens is 1. The molecular weight excluding hydrogens is 383 g/mol. The molecule has 2 saturated heterocycles. The molecule has 0 amide bonds. The van der Waals surface area contributed by atoms with Gasteiger partial charge in [-0.1, -0.05) is 42.5 Å². The molecule has 0 bridgehead atoms. The number of nitrogens with one attached hydrogen (secondary N) is 2. The molecule has 5 rings (SSSR count). The molecule has 2 aliphatic rings. The molecule has 0 radical (unpaired) electrons. The second-order valence-electron chi connectivity index (χ2n) is 7.60. The van der Waals surface area contributed by atoms with Crippen molar-refractivity contribution in [3.63, 3.8) is 0 Å². The minimum atomic E-state index is -0.291. The number of fused-ring (bicyclic) bond motifs is 1. The Morgan fingerprint density at radius 3 is 2.57 bits per heavy atom. The lowest BCUT2D eigenvalue weighted by atomic mass is 10.1. The summed E-state index contributed by atoms with van der Waals surface area (Å²) >= 11 is 0. The van der Waals surface area contributed by atoms with E-state index in [2.05, 4.69) is 32.7 Å². The maximum absolute atomic E-state index is 13.5. The van der Waals surface area contributed by atoms with Gasteiger partial charge in [0.1, 0.15) is 18.0 Å². The molecule has 2 aliphatic heterocycles. The topological polar surface area (TPSA) is 68.3 Å². The van der Waals surface area contributed by atoms with E-state index in [0.717, 1.165) is 6.54 Å². The van der Waals surface area contributed by atoms with E-state index in [9.17, 15) is 4.39 Å². The van der Waals surface area contributed by atoms with Crippen LogP contribution in [0.15, 0.2) is 66.9 Å². The van der Waals surface area contributed by atoms with Gasteiger partial charge in [-0.25, -0.2) is 14.4 Å². The molecule has 0 aliphatic carbocycles. The highest BCUT2D eigenvalue weighted by molar-refractivity contribution is 5.60. The Morgan fingerprint density at radius 1 is 0.933 bits per heavy atom. The zero-order chi connectivity index (χ0) is 20.3. The standard InChI is InChI=1S/C23H23FN4O2/c24-17-8-4-7-16(11-17)18-9-10-25-23(27-18)28-20-14-30-21-19(13-29-22(20)21)26-12-15-5-2-1-3-6-15/h1-11,19-22,26H,12-14H2,(H,25,27,28)/t19-,20+,21-,22+/m1/s1. The average molecular weight is 406 g/mol. The Balaban J connectivity index is 1.23. The Bertz CT molecular complexity index is 1000. The first-order valence-electron chi connectivity index (χ1n) is 10.1. The van der Waals surface area contributed by atoms with Crippen LogP contribution in [0.1, 0.15) is 5.56 Å². The lowest BCUT2D eigenvalue weighted by molar-refractivity contribution is 0.0675. The highest BCUT2D eigenvalue weighted by Gasteiger charge is 2.47. The van der Waals surface area contributed by atoms with E-state index >= 15 is 0 Å². The third kappa shape index (κ3) is 4.05. The molecule has 0 unspecified atom stereocenters. The molecule has 2 fully saturated rings. The molecule has 3 aromatic rings. The summed E-state index contributed by atoms with van der Waals surface area (Å²) in [6.45, 7) is 1.90. The first-order valence-corrected chi connectivity index (χ1v) is 10.1. The van der Waals surface area contributed by atoms with Crippen molar-refractivity contribution in [3.8, 4) is 11.3 Å². The van der Waals surface area contributed by atoms with E-state index < -0.39 is 0 Å². The van der Waals surface area contributed by atoms with Crippen molar-refractivity contribution in [3.05, 3.63) is 78.2 Å². The summed E-state index contributed by atoms with van der Waals surface area (Å²) in [7, 11) is 0. The van der Waals surface area contributed by atoms with Crippen molar-refractivity contribution in [2.75, 3.05) is 18.5 Å². The molecule has 0 saturated carbocycles. The number of aromatic nitrogens is 2. The van der Waals surface area contributed by atoms with E-state index in [1.807, 2.05) is 24.3 Å². The number of benzene rings is 2. The van der Waals surface area contributed by atoms with Crippen LogP contribution in [0.25, 0.3) is 11.3 Å². The number of ether oxygens (including phenoxy) is 2. The van der Waals surface area contributed by atoms with Gasteiger partial charge in [0.25, 0.3) is 0 Å². The molecule has 7 heteroatoms. The fourth-order valence-corrected chi connectivity index (χ4v) is 4.05. The summed E-state index contributed by atoms with van der Waals surface area (Å²) in [5, 5.41) is 6.88. The zero-order valence-corrected chi connectivity index (χ0v) is 16.4. The van der Waals surface area contributed by atoms with Gasteiger partial charge in [0, 0.05) is 18.3 Å². The number of hydrogen-bond acceptors (Lipinski definition) is 6. The van der Waals surface area contributed by atoms with Crippen LogP contribution in [0.2, 0.25) is 0 Å². The predicted octanol–water partition coefficient (Wildman–Crippen LogP) is 3.02. The molecule has 4 atom stereocenters. The van der Waals surface area contributed by atoms with E-state index in [1.54, 1.807) is 18.3 Å². The molecule has 3 heterocycles. The van der Waals surface area contributed by atoms with Crippen molar-refractivity contribution in [2.45, 2.75) is 30.8 Å². The quantitative estimate of drug-likeness (QED) is 0.656. The predicted molar refractivity (Wildman–Crippen MR) is 111 cm³/mol. The van der Waals surface area contributed by atoms with Gasteiger partial charge in [-0.05, 0) is 23.8 Å². The van der Waals surface area contributed by atoms with Crippen LogP contribution >= 0.6 is 0 Å². The smallest absolute Gasteiger partial charge is 0.223 e. The second kappa shape index (κ2) is 8.47. The first kappa shape index (κ1) is 19.1. The van der Waals surface area contributed by atoms with Crippen LogP contribution in [-0.4, -0.2) is 47.5 Å². The Labute approximate surface area is 174 Å². The van der Waals surface area contributed by atoms with Crippen molar-refractivity contribution >= 4 is 5.95 Å². The van der Waals surface area contributed by atoms with E-state index in [-0.39, 0.29) is 30.1 Å². The summed E-state index contributed by atoms with van der Waals surface area (Å²) in [6, 6.07) is 18.5. The van der Waals surface area contributed by atoms with Crippen LogP contribution in [0.4, 0.5) is 10.3 Å². The SMILES string of the molecule is Fc1cccc(-c2ccnc(N[C@H]3CO[C@H]4[C@H]3OC[C@H]4NCc3ccccc3)n2)c1. The maximum Gasteiger partial charge on any atom is 0.223 e. The van der Waals surface area contributed by atoms with Gasteiger partial charge >= 0.3 is 0 Å². The molecule has 1 aromatic heterocycles. The van der Waals surface area contributed by atoms with Crippen molar-refractivity contribution < 1.29 is 13.9 Å². The maximum atomic E-state index is 13.5. The number of rotatable bonds is 6. The molecular formula is C23H23FN4O2. The van der Waals surface area contributed by atoms with Crippen molar-refractivity contribution in [2.24, 2.45) is 0 Å². The average Bonchev–Trinajstić information content (AvgIpc) is 3.36. The Hall–Kier alpha value is -2.87. The number of hydrogen-bond donors (Lipinski definition) is 2. The van der Waals surface area contributed by atoms with Gasteiger partial charge in [-0.15, -0.1) is 0 Å². The lowest BCUT2D eigenvalue weighted by Crippen LogP contribution is -2.41. The monoisotopic (exact) mass is 406 g/mol. The molecule has 6 nitrogen and oxygen atoms in total. The van der Waals surface area contributed by atoms with Crippen LogP contribution < -0.4 is 10.6 Å². The van der Waals surface area contributed by atoms with Gasteiger partial charge in [0.2, 0.25) is 5.95 Å².